The van der Waals surface area contributed by atoms with Gasteiger partial charge in [-0.15, -0.1) is 5.10 Å². The van der Waals surface area contributed by atoms with E-state index in [1.54, 1.807) is 4.57 Å². The maximum absolute atomic E-state index is 12.6. The van der Waals surface area contributed by atoms with E-state index >= 15 is 0 Å². The minimum absolute atomic E-state index is 0.0938. The summed E-state index contributed by atoms with van der Waals surface area (Å²) in [4.78, 5) is 26.5. The summed E-state index contributed by atoms with van der Waals surface area (Å²) >= 11 is 1.32. The van der Waals surface area contributed by atoms with Crippen molar-refractivity contribution in [2.24, 2.45) is 5.92 Å². The van der Waals surface area contributed by atoms with Crippen molar-refractivity contribution < 1.29 is 4.79 Å². The second-order valence-corrected chi connectivity index (χ2v) is 8.03. The molecule has 3 rings (SSSR count). The first kappa shape index (κ1) is 18.8. The fraction of sp³-hybridized carbons (Fsp3) is 0.526. The Balaban J connectivity index is 1.59. The largest absolute Gasteiger partial charge is 0.344 e. The van der Waals surface area contributed by atoms with E-state index in [9.17, 15) is 9.59 Å². The average Bonchev–Trinajstić information content (AvgIpc) is 3.00. The molecule has 0 unspecified atom stereocenters. The number of aromatic nitrogens is 3. The first-order chi connectivity index (χ1) is 12.5. The lowest BCUT2D eigenvalue weighted by atomic mass is 9.87. The van der Waals surface area contributed by atoms with Crippen molar-refractivity contribution >= 4 is 17.7 Å². The third-order valence-electron chi connectivity index (χ3n) is 5.16. The summed E-state index contributed by atoms with van der Waals surface area (Å²) in [5.41, 5.74) is 0.774. The number of H-pyrrole nitrogens is 1. The number of carbonyl (C=O) groups excluding carboxylic acids is 1. The highest BCUT2D eigenvalue weighted by Gasteiger charge is 2.25. The van der Waals surface area contributed by atoms with Crippen LogP contribution in [0.3, 0.4) is 0 Å². The zero-order valence-electron chi connectivity index (χ0n) is 15.4. The molecule has 1 fully saturated rings. The van der Waals surface area contributed by atoms with Crippen LogP contribution in [0.15, 0.2) is 40.3 Å². The van der Waals surface area contributed by atoms with Crippen LogP contribution in [0.4, 0.5) is 0 Å². The van der Waals surface area contributed by atoms with Crippen LogP contribution in [0.5, 0.6) is 0 Å². The SMILES string of the molecule is CC1CCC(N(C)C(=O)CSc2n[nH]c(=O)n2Cc2ccccc2)CC1. The molecule has 1 amide bonds. The van der Waals surface area contributed by atoms with Crippen molar-refractivity contribution in [1.29, 1.82) is 0 Å². The Morgan fingerprint density at radius 1 is 1.27 bits per heavy atom. The molecule has 0 spiro atoms. The molecule has 1 aromatic carbocycles. The Kier molecular flexibility index (Phi) is 6.19. The number of nitrogens with zero attached hydrogens (tertiary/aromatic N) is 3. The van der Waals surface area contributed by atoms with Gasteiger partial charge in [-0.3, -0.25) is 9.36 Å². The summed E-state index contributed by atoms with van der Waals surface area (Å²) in [5.74, 6) is 1.15. The number of rotatable bonds is 6. The summed E-state index contributed by atoms with van der Waals surface area (Å²) in [6.45, 7) is 2.72. The van der Waals surface area contributed by atoms with Crippen LogP contribution in [0, 0.1) is 5.92 Å². The summed E-state index contributed by atoms with van der Waals surface area (Å²) in [7, 11) is 1.89. The van der Waals surface area contributed by atoms with Gasteiger partial charge in [0.25, 0.3) is 0 Å². The number of hydrogen-bond acceptors (Lipinski definition) is 4. The number of aromatic amines is 1. The lowest BCUT2D eigenvalue weighted by Gasteiger charge is -2.33. The average molecular weight is 375 g/mol. The lowest BCUT2D eigenvalue weighted by molar-refractivity contribution is -0.129. The van der Waals surface area contributed by atoms with Gasteiger partial charge in [-0.2, -0.15) is 0 Å². The van der Waals surface area contributed by atoms with E-state index in [2.05, 4.69) is 17.1 Å². The van der Waals surface area contributed by atoms with Gasteiger partial charge in [0.15, 0.2) is 5.16 Å². The number of amides is 1. The van der Waals surface area contributed by atoms with E-state index in [0.717, 1.165) is 24.3 Å². The molecule has 2 aromatic rings. The van der Waals surface area contributed by atoms with Crippen LogP contribution in [0.25, 0.3) is 0 Å². The molecule has 1 saturated carbocycles. The van der Waals surface area contributed by atoms with Gasteiger partial charge in [-0.25, -0.2) is 9.89 Å². The lowest BCUT2D eigenvalue weighted by Crippen LogP contribution is -2.40. The second kappa shape index (κ2) is 8.58. The molecule has 1 aromatic heterocycles. The van der Waals surface area contributed by atoms with Gasteiger partial charge in [0, 0.05) is 13.1 Å². The van der Waals surface area contributed by atoms with Crippen molar-refractivity contribution in [2.75, 3.05) is 12.8 Å². The van der Waals surface area contributed by atoms with Gasteiger partial charge in [0.1, 0.15) is 0 Å². The maximum atomic E-state index is 12.6. The molecular weight excluding hydrogens is 348 g/mol. The molecule has 140 valence electrons. The van der Waals surface area contributed by atoms with E-state index in [4.69, 9.17) is 0 Å². The van der Waals surface area contributed by atoms with Gasteiger partial charge in [-0.05, 0) is 37.2 Å². The fourth-order valence-electron chi connectivity index (χ4n) is 3.38. The molecular formula is C19H26N4O2S. The summed E-state index contributed by atoms with van der Waals surface area (Å²) in [6, 6.07) is 10.1. The molecule has 1 heterocycles. The van der Waals surface area contributed by atoms with E-state index in [1.807, 2.05) is 42.3 Å². The summed E-state index contributed by atoms with van der Waals surface area (Å²) in [5, 5.41) is 7.13. The first-order valence-electron chi connectivity index (χ1n) is 9.12. The highest BCUT2D eigenvalue weighted by atomic mass is 32.2. The Morgan fingerprint density at radius 3 is 2.65 bits per heavy atom. The predicted octanol–water partition coefficient (Wildman–Crippen LogP) is 2.75. The van der Waals surface area contributed by atoms with Crippen LogP contribution in [-0.2, 0) is 11.3 Å². The highest BCUT2D eigenvalue weighted by Crippen LogP contribution is 2.27. The quantitative estimate of drug-likeness (QED) is 0.789. The minimum Gasteiger partial charge on any atom is -0.342 e. The standard InChI is InChI=1S/C19H26N4O2S/c1-14-8-10-16(11-9-14)22(2)17(24)13-26-19-21-20-18(25)23(19)12-15-6-4-3-5-7-15/h3-7,14,16H,8-13H2,1-2H3,(H,20,25). The topological polar surface area (TPSA) is 71.0 Å². The van der Waals surface area contributed by atoms with Gasteiger partial charge >= 0.3 is 5.69 Å². The number of nitrogens with one attached hydrogen (secondary N) is 1. The van der Waals surface area contributed by atoms with Gasteiger partial charge in [0.2, 0.25) is 5.91 Å². The van der Waals surface area contributed by atoms with E-state index in [1.165, 1.54) is 24.6 Å². The fourth-order valence-corrected chi connectivity index (χ4v) is 4.25. The van der Waals surface area contributed by atoms with Crippen molar-refractivity contribution in [3.63, 3.8) is 0 Å². The molecule has 6 nitrogen and oxygen atoms in total. The molecule has 0 aliphatic heterocycles. The number of thioether (sulfide) groups is 1. The summed E-state index contributed by atoms with van der Waals surface area (Å²) < 4.78 is 1.58. The zero-order valence-corrected chi connectivity index (χ0v) is 16.2. The van der Waals surface area contributed by atoms with Crippen LogP contribution in [0.1, 0.15) is 38.2 Å². The Bertz CT molecular complexity index is 778. The molecule has 0 radical (unpaired) electrons. The number of benzene rings is 1. The number of carbonyl (C=O) groups is 1. The van der Waals surface area contributed by atoms with Gasteiger partial charge in [-0.1, -0.05) is 49.0 Å². The van der Waals surface area contributed by atoms with E-state index < -0.39 is 0 Å². The molecule has 1 N–H and O–H groups in total. The zero-order chi connectivity index (χ0) is 18.5. The molecule has 1 aliphatic carbocycles. The Hall–Kier alpha value is -2.02. The molecule has 0 bridgehead atoms. The highest BCUT2D eigenvalue weighted by molar-refractivity contribution is 7.99. The Morgan fingerprint density at radius 2 is 1.96 bits per heavy atom. The van der Waals surface area contributed by atoms with Crippen molar-refractivity contribution in [3.05, 3.63) is 46.4 Å². The molecule has 0 saturated heterocycles. The van der Waals surface area contributed by atoms with Crippen LogP contribution in [0.2, 0.25) is 0 Å². The minimum atomic E-state index is -0.251. The van der Waals surface area contributed by atoms with E-state index in [-0.39, 0.29) is 11.6 Å². The van der Waals surface area contributed by atoms with Gasteiger partial charge in [0.05, 0.1) is 12.3 Å². The first-order valence-corrected chi connectivity index (χ1v) is 10.1. The maximum Gasteiger partial charge on any atom is 0.344 e. The predicted molar refractivity (Wildman–Crippen MR) is 103 cm³/mol. The second-order valence-electron chi connectivity index (χ2n) is 7.09. The smallest absolute Gasteiger partial charge is 0.342 e. The van der Waals surface area contributed by atoms with Crippen LogP contribution in [-0.4, -0.2) is 44.4 Å². The summed E-state index contributed by atoms with van der Waals surface area (Å²) in [6.07, 6.45) is 4.53. The van der Waals surface area contributed by atoms with Crippen molar-refractivity contribution in [1.82, 2.24) is 19.7 Å². The number of hydrogen-bond donors (Lipinski definition) is 1. The van der Waals surface area contributed by atoms with Crippen LogP contribution < -0.4 is 5.69 Å². The van der Waals surface area contributed by atoms with Crippen molar-refractivity contribution in [2.45, 2.75) is 50.4 Å². The third-order valence-corrected chi connectivity index (χ3v) is 6.12. The molecule has 26 heavy (non-hydrogen) atoms. The third kappa shape index (κ3) is 4.58. The van der Waals surface area contributed by atoms with Crippen molar-refractivity contribution in [3.8, 4) is 0 Å². The van der Waals surface area contributed by atoms with E-state index in [0.29, 0.717) is 23.5 Å². The Labute approximate surface area is 158 Å². The molecule has 0 atom stereocenters. The van der Waals surface area contributed by atoms with Crippen LogP contribution >= 0.6 is 11.8 Å². The monoisotopic (exact) mass is 374 g/mol. The molecule has 7 heteroatoms. The van der Waals surface area contributed by atoms with Gasteiger partial charge < -0.3 is 4.90 Å². The molecule has 1 aliphatic rings. The normalized spacial score (nSPS) is 20.1.